The van der Waals surface area contributed by atoms with Gasteiger partial charge in [0.15, 0.2) is 18.4 Å². The molecule has 1 aliphatic carbocycles. The van der Waals surface area contributed by atoms with Crippen molar-refractivity contribution >= 4 is 0 Å². The maximum atomic E-state index is 3.76. The van der Waals surface area contributed by atoms with Gasteiger partial charge in [0.1, 0.15) is 0 Å². The molecule has 0 atom stereocenters. The Morgan fingerprint density at radius 3 is 3.08 bits per heavy atom. The van der Waals surface area contributed by atoms with Gasteiger partial charge >= 0.3 is 0 Å². The third kappa shape index (κ3) is 1.92. The van der Waals surface area contributed by atoms with Gasteiger partial charge in [-0.1, -0.05) is 6.58 Å². The first-order valence-corrected chi connectivity index (χ1v) is 4.53. The third-order valence-electron chi connectivity index (χ3n) is 2.47. The summed E-state index contributed by atoms with van der Waals surface area (Å²) in [7, 11) is 0. The fraction of sp³-hybridized carbons (Fsp3) is 0.364. The molecular weight excluding hydrogens is 182 g/mol. The number of hydrogen-bond acceptors (Lipinski definition) is 0. The predicted molar refractivity (Wildman–Crippen MR) is 48.9 cm³/mol. The second kappa shape index (κ2) is 4.43. The Labute approximate surface area is 85.5 Å². The van der Waals surface area contributed by atoms with Crippen molar-refractivity contribution in [2.45, 2.75) is 25.8 Å². The maximum absolute atomic E-state index is 3.76. The minimum absolute atomic E-state index is 0. The molecule has 2 rings (SSSR count). The van der Waals surface area contributed by atoms with Crippen molar-refractivity contribution in [1.29, 1.82) is 0 Å². The van der Waals surface area contributed by atoms with Crippen molar-refractivity contribution in [3.05, 3.63) is 42.2 Å². The van der Waals surface area contributed by atoms with Crippen LogP contribution in [-0.2, 0) is 19.4 Å². The first kappa shape index (κ1) is 10.3. The van der Waals surface area contributed by atoms with Crippen LogP contribution in [0, 0.1) is 0 Å². The van der Waals surface area contributed by atoms with Gasteiger partial charge in [-0.2, -0.15) is 4.57 Å². The lowest BCUT2D eigenvalue weighted by Crippen LogP contribution is -3.00. The highest BCUT2D eigenvalue weighted by Crippen LogP contribution is 2.17. The van der Waals surface area contributed by atoms with Gasteiger partial charge in [0, 0.05) is 18.1 Å². The highest BCUT2D eigenvalue weighted by molar-refractivity contribution is 5.20. The topological polar surface area (TPSA) is 3.88 Å². The summed E-state index contributed by atoms with van der Waals surface area (Å²) in [5.41, 5.74) is 3.04. The van der Waals surface area contributed by atoms with Crippen molar-refractivity contribution in [2.24, 2.45) is 0 Å². The second-order valence-electron chi connectivity index (χ2n) is 3.27. The molecule has 1 aromatic heterocycles. The molecule has 0 bridgehead atoms. The van der Waals surface area contributed by atoms with E-state index >= 15 is 0 Å². The lowest BCUT2D eigenvalue weighted by Gasteiger charge is -1.98. The zero-order valence-corrected chi connectivity index (χ0v) is 8.43. The maximum Gasteiger partial charge on any atom is 0.184 e. The van der Waals surface area contributed by atoms with Crippen LogP contribution in [0.1, 0.15) is 17.7 Å². The lowest BCUT2D eigenvalue weighted by atomic mass is 10.2. The van der Waals surface area contributed by atoms with E-state index in [1.54, 1.807) is 0 Å². The van der Waals surface area contributed by atoms with Gasteiger partial charge in [-0.25, -0.2) is 0 Å². The first-order chi connectivity index (χ1) is 5.92. The van der Waals surface area contributed by atoms with Gasteiger partial charge in [-0.3, -0.25) is 0 Å². The lowest BCUT2D eigenvalue weighted by molar-refractivity contribution is -0.694. The molecule has 70 valence electrons. The van der Waals surface area contributed by atoms with Crippen LogP contribution in [0.5, 0.6) is 0 Å². The van der Waals surface area contributed by atoms with Crippen LogP contribution in [0.4, 0.5) is 0 Å². The minimum atomic E-state index is 0. The Bertz CT molecular complexity index is 307. The SMILES string of the molecule is C=CC[n+]1cccc2c1CCC2.[Cl-]. The van der Waals surface area contributed by atoms with Gasteiger partial charge in [-0.15, -0.1) is 0 Å². The zero-order valence-electron chi connectivity index (χ0n) is 7.67. The van der Waals surface area contributed by atoms with Gasteiger partial charge in [0.2, 0.25) is 0 Å². The van der Waals surface area contributed by atoms with E-state index in [0.29, 0.717) is 0 Å². The summed E-state index contributed by atoms with van der Waals surface area (Å²) < 4.78 is 2.30. The van der Waals surface area contributed by atoms with Gasteiger partial charge in [0.25, 0.3) is 0 Å². The molecule has 0 N–H and O–H groups in total. The summed E-state index contributed by atoms with van der Waals surface area (Å²) in [6, 6.07) is 4.37. The summed E-state index contributed by atoms with van der Waals surface area (Å²) in [4.78, 5) is 0. The van der Waals surface area contributed by atoms with E-state index in [1.807, 2.05) is 6.08 Å². The summed E-state index contributed by atoms with van der Waals surface area (Å²) in [6.45, 7) is 4.71. The summed E-state index contributed by atoms with van der Waals surface area (Å²) in [6.07, 6.45) is 7.91. The summed E-state index contributed by atoms with van der Waals surface area (Å²) >= 11 is 0. The van der Waals surface area contributed by atoms with Crippen LogP contribution in [0.2, 0.25) is 0 Å². The number of halogens is 1. The summed E-state index contributed by atoms with van der Waals surface area (Å²) in [5.74, 6) is 0. The average Bonchev–Trinajstić information content (AvgIpc) is 2.53. The van der Waals surface area contributed by atoms with Crippen molar-refractivity contribution in [3.8, 4) is 0 Å². The number of allylic oxidation sites excluding steroid dienone is 1. The number of aromatic nitrogens is 1. The van der Waals surface area contributed by atoms with Crippen molar-refractivity contribution < 1.29 is 17.0 Å². The molecule has 1 heterocycles. The number of aryl methyl sites for hydroxylation is 1. The molecule has 0 radical (unpaired) electrons. The van der Waals surface area contributed by atoms with Gasteiger partial charge in [0.05, 0.1) is 0 Å². The van der Waals surface area contributed by atoms with E-state index in [2.05, 4.69) is 29.5 Å². The van der Waals surface area contributed by atoms with Gasteiger partial charge < -0.3 is 12.4 Å². The molecule has 13 heavy (non-hydrogen) atoms. The Hall–Kier alpha value is -0.820. The predicted octanol–water partition coefficient (Wildman–Crippen LogP) is -1.35. The third-order valence-corrected chi connectivity index (χ3v) is 2.47. The van der Waals surface area contributed by atoms with Gasteiger partial charge in [-0.05, 0) is 25.0 Å². The highest BCUT2D eigenvalue weighted by atomic mass is 35.5. The smallest absolute Gasteiger partial charge is 0.184 e. The molecule has 1 aromatic rings. The molecule has 0 spiro atoms. The van der Waals surface area contributed by atoms with Crippen molar-refractivity contribution in [1.82, 2.24) is 0 Å². The number of fused-ring (bicyclic) bond motifs is 1. The Balaban J connectivity index is 0.000000845. The van der Waals surface area contributed by atoms with Crippen LogP contribution in [0.25, 0.3) is 0 Å². The minimum Gasteiger partial charge on any atom is -1.00 e. The molecule has 0 saturated heterocycles. The standard InChI is InChI=1S/C11H14N.ClH/c1-2-8-12-9-4-6-10-5-3-7-11(10)12;/h2,4,6,9H,1,3,5,7-8H2;1H/q+1;/p-1. The molecule has 0 unspecified atom stereocenters. The molecule has 2 heteroatoms. The van der Waals surface area contributed by atoms with Crippen LogP contribution in [0.3, 0.4) is 0 Å². The molecule has 1 aliphatic rings. The normalized spacial score (nSPS) is 13.2. The molecule has 0 amide bonds. The van der Waals surface area contributed by atoms with E-state index in [0.717, 1.165) is 6.54 Å². The van der Waals surface area contributed by atoms with E-state index in [4.69, 9.17) is 0 Å². The molecular formula is C11H14ClN. The quantitative estimate of drug-likeness (QED) is 0.406. The summed E-state index contributed by atoms with van der Waals surface area (Å²) in [5, 5.41) is 0. The average molecular weight is 196 g/mol. The largest absolute Gasteiger partial charge is 1.00 e. The first-order valence-electron chi connectivity index (χ1n) is 4.53. The monoisotopic (exact) mass is 195 g/mol. The number of rotatable bonds is 2. The van der Waals surface area contributed by atoms with Crippen molar-refractivity contribution in [2.75, 3.05) is 0 Å². The Morgan fingerprint density at radius 2 is 2.31 bits per heavy atom. The highest BCUT2D eigenvalue weighted by Gasteiger charge is 2.19. The zero-order chi connectivity index (χ0) is 8.39. The molecule has 0 aliphatic heterocycles. The fourth-order valence-electron chi connectivity index (χ4n) is 1.92. The Kier molecular flexibility index (Phi) is 3.49. The van der Waals surface area contributed by atoms with Crippen LogP contribution < -0.4 is 17.0 Å². The number of hydrogen-bond donors (Lipinski definition) is 0. The fourth-order valence-corrected chi connectivity index (χ4v) is 1.92. The molecule has 0 fully saturated rings. The van der Waals surface area contributed by atoms with E-state index < -0.39 is 0 Å². The molecule has 1 nitrogen and oxygen atoms in total. The van der Waals surface area contributed by atoms with E-state index in [-0.39, 0.29) is 12.4 Å². The van der Waals surface area contributed by atoms with E-state index in [9.17, 15) is 0 Å². The Morgan fingerprint density at radius 1 is 1.46 bits per heavy atom. The van der Waals surface area contributed by atoms with E-state index in [1.165, 1.54) is 30.5 Å². The second-order valence-corrected chi connectivity index (χ2v) is 3.27. The molecule has 0 aromatic carbocycles. The number of nitrogens with zero attached hydrogens (tertiary/aromatic N) is 1. The van der Waals surface area contributed by atoms with Crippen LogP contribution >= 0.6 is 0 Å². The molecule has 0 saturated carbocycles. The number of pyridine rings is 1. The van der Waals surface area contributed by atoms with Crippen LogP contribution in [-0.4, -0.2) is 0 Å². The van der Waals surface area contributed by atoms with Crippen molar-refractivity contribution in [3.63, 3.8) is 0 Å². The van der Waals surface area contributed by atoms with Crippen LogP contribution in [0.15, 0.2) is 31.0 Å².